The summed E-state index contributed by atoms with van der Waals surface area (Å²) < 4.78 is 10.9. The first-order chi connectivity index (χ1) is 10.3. The molecule has 0 saturated carbocycles. The second-order valence-corrected chi connectivity index (χ2v) is 5.23. The van der Waals surface area contributed by atoms with Gasteiger partial charge in [-0.25, -0.2) is 4.98 Å². The monoisotopic (exact) mass is 285 g/mol. The van der Waals surface area contributed by atoms with Gasteiger partial charge in [0.15, 0.2) is 0 Å². The van der Waals surface area contributed by atoms with E-state index in [4.69, 9.17) is 9.47 Å². The molecule has 110 valence electrons. The van der Waals surface area contributed by atoms with E-state index >= 15 is 0 Å². The minimum absolute atomic E-state index is 0.368. The number of methoxy groups -OCH3 is 1. The third kappa shape index (κ3) is 3.16. The molecule has 0 amide bonds. The van der Waals surface area contributed by atoms with Crippen LogP contribution in [0.5, 0.6) is 11.6 Å². The topological polar surface area (TPSA) is 51.6 Å². The van der Waals surface area contributed by atoms with Gasteiger partial charge in [0, 0.05) is 6.07 Å². The van der Waals surface area contributed by atoms with Crippen LogP contribution in [0.1, 0.15) is 35.8 Å². The van der Waals surface area contributed by atoms with Crippen molar-refractivity contribution in [3.8, 4) is 11.6 Å². The van der Waals surface area contributed by atoms with E-state index in [2.05, 4.69) is 4.98 Å². The lowest BCUT2D eigenvalue weighted by atomic mass is 9.89. The summed E-state index contributed by atoms with van der Waals surface area (Å²) in [5, 5.41) is 10.1. The number of pyridine rings is 1. The molecule has 0 unspecified atom stereocenters. The summed E-state index contributed by atoms with van der Waals surface area (Å²) in [5.41, 5.74) is 3.03. The predicted octanol–water partition coefficient (Wildman–Crippen LogP) is 3.04. The molecule has 4 nitrogen and oxygen atoms in total. The number of aliphatic hydroxyl groups excluding tert-OH is 1. The first-order valence-electron chi connectivity index (χ1n) is 7.20. The molecule has 1 heterocycles. The van der Waals surface area contributed by atoms with E-state index in [0.717, 1.165) is 36.3 Å². The molecule has 1 aromatic heterocycles. The van der Waals surface area contributed by atoms with Crippen molar-refractivity contribution >= 4 is 0 Å². The number of hydrogen-bond acceptors (Lipinski definition) is 4. The number of hydrogen-bond donors (Lipinski definition) is 1. The van der Waals surface area contributed by atoms with Gasteiger partial charge in [-0.1, -0.05) is 12.1 Å². The molecule has 1 aliphatic carbocycles. The normalized spacial score (nSPS) is 17.1. The maximum absolute atomic E-state index is 10.1. The lowest BCUT2D eigenvalue weighted by Gasteiger charge is -2.21. The Morgan fingerprint density at radius 3 is 3.05 bits per heavy atom. The number of nitrogens with zero attached hydrogens (tertiary/aromatic N) is 1. The van der Waals surface area contributed by atoms with Gasteiger partial charge in [0.05, 0.1) is 18.9 Å². The standard InChI is InChI=1S/C17H19NO3/c1-20-17-7-3-5-13(18-17)11-21-14-9-8-12-4-2-6-16(19)15(12)10-14/h3,5,7-10,16,19H,2,4,6,11H2,1H3/t16-/m0/s1. The predicted molar refractivity (Wildman–Crippen MR) is 79.5 cm³/mol. The highest BCUT2D eigenvalue weighted by atomic mass is 16.5. The van der Waals surface area contributed by atoms with Gasteiger partial charge in [0.2, 0.25) is 5.88 Å². The fourth-order valence-corrected chi connectivity index (χ4v) is 2.65. The van der Waals surface area contributed by atoms with Crippen LogP contribution in [-0.4, -0.2) is 17.2 Å². The van der Waals surface area contributed by atoms with Gasteiger partial charge in [-0.2, -0.15) is 0 Å². The SMILES string of the molecule is COc1cccc(COc2ccc3c(c2)[C@@H](O)CCC3)n1. The zero-order chi connectivity index (χ0) is 14.7. The van der Waals surface area contributed by atoms with E-state index in [9.17, 15) is 5.11 Å². The number of benzene rings is 1. The number of rotatable bonds is 4. The van der Waals surface area contributed by atoms with E-state index in [1.807, 2.05) is 30.3 Å². The van der Waals surface area contributed by atoms with Gasteiger partial charge in [-0.05, 0) is 48.6 Å². The molecule has 21 heavy (non-hydrogen) atoms. The number of ether oxygens (including phenoxy) is 2. The molecule has 2 aromatic rings. The fraction of sp³-hybridized carbons (Fsp3) is 0.353. The number of aromatic nitrogens is 1. The largest absolute Gasteiger partial charge is 0.487 e. The van der Waals surface area contributed by atoms with Crippen molar-refractivity contribution in [2.45, 2.75) is 32.0 Å². The zero-order valence-electron chi connectivity index (χ0n) is 12.1. The molecule has 0 spiro atoms. The van der Waals surface area contributed by atoms with E-state index in [0.29, 0.717) is 12.5 Å². The molecule has 0 aliphatic heterocycles. The molecule has 1 aromatic carbocycles. The highest BCUT2D eigenvalue weighted by molar-refractivity contribution is 5.38. The molecule has 3 rings (SSSR count). The lowest BCUT2D eigenvalue weighted by Crippen LogP contribution is -2.09. The molecule has 1 aliphatic rings. The first kappa shape index (κ1) is 13.9. The molecule has 0 radical (unpaired) electrons. The smallest absolute Gasteiger partial charge is 0.213 e. The summed E-state index contributed by atoms with van der Waals surface area (Å²) in [6.07, 6.45) is 2.53. The third-order valence-electron chi connectivity index (χ3n) is 3.78. The van der Waals surface area contributed by atoms with Crippen LogP contribution in [0.25, 0.3) is 0 Å². The van der Waals surface area contributed by atoms with Crippen molar-refractivity contribution in [2.75, 3.05) is 7.11 Å². The fourth-order valence-electron chi connectivity index (χ4n) is 2.65. The molecule has 0 bridgehead atoms. The van der Waals surface area contributed by atoms with E-state index in [1.165, 1.54) is 5.56 Å². The second kappa shape index (κ2) is 6.14. The van der Waals surface area contributed by atoms with Gasteiger partial charge in [-0.3, -0.25) is 0 Å². The minimum Gasteiger partial charge on any atom is -0.487 e. The summed E-state index contributed by atoms with van der Waals surface area (Å²) in [4.78, 5) is 4.31. The summed E-state index contributed by atoms with van der Waals surface area (Å²) in [6, 6.07) is 11.5. The maximum atomic E-state index is 10.1. The van der Waals surface area contributed by atoms with E-state index < -0.39 is 0 Å². The maximum Gasteiger partial charge on any atom is 0.213 e. The van der Waals surface area contributed by atoms with Crippen LogP contribution >= 0.6 is 0 Å². The molecule has 0 saturated heterocycles. The number of aryl methyl sites for hydroxylation is 1. The Kier molecular flexibility index (Phi) is 4.06. The highest BCUT2D eigenvalue weighted by Gasteiger charge is 2.18. The Labute approximate surface area is 124 Å². The average Bonchev–Trinajstić information content (AvgIpc) is 2.54. The third-order valence-corrected chi connectivity index (χ3v) is 3.78. The van der Waals surface area contributed by atoms with Gasteiger partial charge in [-0.15, -0.1) is 0 Å². The van der Waals surface area contributed by atoms with E-state index in [-0.39, 0.29) is 6.10 Å². The molecule has 1 atom stereocenters. The Morgan fingerprint density at radius 2 is 2.19 bits per heavy atom. The van der Waals surface area contributed by atoms with Crippen LogP contribution in [0, 0.1) is 0 Å². The van der Waals surface area contributed by atoms with E-state index in [1.54, 1.807) is 13.2 Å². The zero-order valence-corrected chi connectivity index (χ0v) is 12.1. The summed E-state index contributed by atoms with van der Waals surface area (Å²) in [7, 11) is 1.60. The molecular formula is C17H19NO3. The minimum atomic E-state index is -0.368. The van der Waals surface area contributed by atoms with Crippen LogP contribution in [0.2, 0.25) is 0 Å². The van der Waals surface area contributed by atoms with Crippen LogP contribution in [0.4, 0.5) is 0 Å². The van der Waals surface area contributed by atoms with Crippen molar-refractivity contribution in [3.63, 3.8) is 0 Å². The number of aliphatic hydroxyl groups is 1. The van der Waals surface area contributed by atoms with Gasteiger partial charge >= 0.3 is 0 Å². The van der Waals surface area contributed by atoms with Crippen LogP contribution < -0.4 is 9.47 Å². The first-order valence-corrected chi connectivity index (χ1v) is 7.20. The van der Waals surface area contributed by atoms with Crippen molar-refractivity contribution < 1.29 is 14.6 Å². The quantitative estimate of drug-likeness (QED) is 0.938. The molecular weight excluding hydrogens is 266 g/mol. The summed E-state index contributed by atoms with van der Waals surface area (Å²) in [5.74, 6) is 1.34. The Balaban J connectivity index is 1.72. The van der Waals surface area contributed by atoms with Crippen molar-refractivity contribution in [3.05, 3.63) is 53.2 Å². The van der Waals surface area contributed by atoms with Crippen LogP contribution in [0.3, 0.4) is 0 Å². The van der Waals surface area contributed by atoms with Gasteiger partial charge < -0.3 is 14.6 Å². The van der Waals surface area contributed by atoms with Crippen LogP contribution in [0.15, 0.2) is 36.4 Å². The van der Waals surface area contributed by atoms with Crippen LogP contribution in [-0.2, 0) is 13.0 Å². The number of fused-ring (bicyclic) bond motifs is 1. The lowest BCUT2D eigenvalue weighted by molar-refractivity contribution is 0.156. The van der Waals surface area contributed by atoms with Crippen molar-refractivity contribution in [2.24, 2.45) is 0 Å². The average molecular weight is 285 g/mol. The summed E-state index contributed by atoms with van der Waals surface area (Å²) in [6.45, 7) is 0.381. The highest BCUT2D eigenvalue weighted by Crippen LogP contribution is 2.32. The summed E-state index contributed by atoms with van der Waals surface area (Å²) >= 11 is 0. The molecule has 4 heteroatoms. The molecule has 0 fully saturated rings. The second-order valence-electron chi connectivity index (χ2n) is 5.23. The van der Waals surface area contributed by atoms with Crippen molar-refractivity contribution in [1.29, 1.82) is 0 Å². The van der Waals surface area contributed by atoms with Gasteiger partial charge in [0.25, 0.3) is 0 Å². The van der Waals surface area contributed by atoms with Crippen molar-refractivity contribution in [1.82, 2.24) is 4.98 Å². The van der Waals surface area contributed by atoms with Gasteiger partial charge in [0.1, 0.15) is 12.4 Å². The molecule has 1 N–H and O–H groups in total. The Hall–Kier alpha value is -2.07. The Morgan fingerprint density at radius 1 is 1.29 bits per heavy atom. The Bertz CT molecular complexity index is 627.